The standard InChI is InChI=1S/C5H9N3O3S/c1-4-5(8-11-7-4)3-6-12(2,9)10/h6H,3H2,1-2H3. The Hall–Kier alpha value is -0.950. The molecule has 1 heterocycles. The van der Waals surface area contributed by atoms with E-state index in [1.165, 1.54) is 0 Å². The van der Waals surface area contributed by atoms with Crippen molar-refractivity contribution in [2.45, 2.75) is 13.5 Å². The molecule has 0 saturated heterocycles. The maximum atomic E-state index is 10.6. The van der Waals surface area contributed by atoms with Crippen molar-refractivity contribution in [3.63, 3.8) is 0 Å². The van der Waals surface area contributed by atoms with Crippen LogP contribution in [0.15, 0.2) is 4.63 Å². The summed E-state index contributed by atoms with van der Waals surface area (Å²) in [5.74, 6) is 0. The summed E-state index contributed by atoms with van der Waals surface area (Å²) in [4.78, 5) is 0. The van der Waals surface area contributed by atoms with E-state index < -0.39 is 10.0 Å². The maximum absolute atomic E-state index is 10.6. The van der Waals surface area contributed by atoms with Crippen molar-refractivity contribution in [3.05, 3.63) is 11.4 Å². The first kappa shape index (κ1) is 9.14. The van der Waals surface area contributed by atoms with E-state index in [-0.39, 0.29) is 6.54 Å². The molecule has 68 valence electrons. The molecule has 0 aliphatic rings. The van der Waals surface area contributed by atoms with Crippen LogP contribution in [0.1, 0.15) is 11.4 Å². The van der Waals surface area contributed by atoms with E-state index in [9.17, 15) is 8.42 Å². The Labute approximate surface area is 70.0 Å². The lowest BCUT2D eigenvalue weighted by atomic mass is 10.3. The molecule has 1 aromatic heterocycles. The monoisotopic (exact) mass is 191 g/mol. The summed E-state index contributed by atoms with van der Waals surface area (Å²) < 4.78 is 27.9. The van der Waals surface area contributed by atoms with Gasteiger partial charge < -0.3 is 0 Å². The minimum atomic E-state index is -3.18. The molecule has 0 fully saturated rings. The van der Waals surface area contributed by atoms with Crippen LogP contribution in [0.5, 0.6) is 0 Å². The lowest BCUT2D eigenvalue weighted by Gasteiger charge is -1.96. The van der Waals surface area contributed by atoms with Gasteiger partial charge in [0, 0.05) is 0 Å². The predicted molar refractivity (Wildman–Crippen MR) is 40.7 cm³/mol. The summed E-state index contributed by atoms with van der Waals surface area (Å²) in [7, 11) is -3.18. The Morgan fingerprint density at radius 3 is 2.58 bits per heavy atom. The smallest absolute Gasteiger partial charge is 0.209 e. The van der Waals surface area contributed by atoms with Crippen LogP contribution in [0.3, 0.4) is 0 Å². The molecular weight excluding hydrogens is 182 g/mol. The van der Waals surface area contributed by atoms with E-state index >= 15 is 0 Å². The highest BCUT2D eigenvalue weighted by molar-refractivity contribution is 7.88. The van der Waals surface area contributed by atoms with E-state index in [2.05, 4.69) is 19.7 Å². The second-order valence-corrected chi connectivity index (χ2v) is 4.22. The molecule has 0 radical (unpaired) electrons. The Morgan fingerprint density at radius 2 is 2.17 bits per heavy atom. The van der Waals surface area contributed by atoms with Gasteiger partial charge >= 0.3 is 0 Å². The third kappa shape index (κ3) is 2.59. The molecule has 0 bridgehead atoms. The molecule has 1 rings (SSSR count). The molecule has 0 amide bonds. The highest BCUT2D eigenvalue weighted by atomic mass is 32.2. The van der Waals surface area contributed by atoms with Crippen molar-refractivity contribution in [3.8, 4) is 0 Å². The highest BCUT2D eigenvalue weighted by Gasteiger charge is 2.07. The molecule has 7 heteroatoms. The predicted octanol–water partition coefficient (Wildman–Crippen LogP) is -0.573. The molecule has 0 spiro atoms. The molecule has 1 aromatic rings. The van der Waals surface area contributed by atoms with Crippen LogP contribution in [0.2, 0.25) is 0 Å². The van der Waals surface area contributed by atoms with Crippen molar-refractivity contribution >= 4 is 10.0 Å². The van der Waals surface area contributed by atoms with Crippen molar-refractivity contribution < 1.29 is 13.0 Å². The molecular formula is C5H9N3O3S. The van der Waals surface area contributed by atoms with Gasteiger partial charge in [-0.15, -0.1) is 0 Å². The lowest BCUT2D eigenvalue weighted by Crippen LogP contribution is -2.21. The first-order chi connectivity index (χ1) is 5.49. The third-order valence-electron chi connectivity index (χ3n) is 1.25. The number of hydrogen-bond donors (Lipinski definition) is 1. The third-order valence-corrected chi connectivity index (χ3v) is 1.92. The molecule has 0 atom stereocenters. The number of hydrogen-bond acceptors (Lipinski definition) is 5. The van der Waals surface area contributed by atoms with E-state index in [0.29, 0.717) is 11.4 Å². The topological polar surface area (TPSA) is 85.1 Å². The Bertz CT molecular complexity index is 356. The molecule has 0 aromatic carbocycles. The summed E-state index contributed by atoms with van der Waals surface area (Å²) in [5, 5.41) is 7.00. The fourth-order valence-corrected chi connectivity index (χ4v) is 1.01. The number of nitrogens with one attached hydrogen (secondary N) is 1. The molecule has 0 saturated carbocycles. The summed E-state index contributed by atoms with van der Waals surface area (Å²) in [6.45, 7) is 1.81. The van der Waals surface area contributed by atoms with Crippen LogP contribution in [0.4, 0.5) is 0 Å². The van der Waals surface area contributed by atoms with Gasteiger partial charge in [0.15, 0.2) is 0 Å². The summed E-state index contributed by atoms with van der Waals surface area (Å²) in [6, 6.07) is 0. The largest absolute Gasteiger partial charge is 0.244 e. The van der Waals surface area contributed by atoms with Crippen molar-refractivity contribution in [1.82, 2.24) is 15.0 Å². The lowest BCUT2D eigenvalue weighted by molar-refractivity contribution is 0.301. The summed E-state index contributed by atoms with van der Waals surface area (Å²) in [5.41, 5.74) is 1.09. The molecule has 6 nitrogen and oxygen atoms in total. The Morgan fingerprint density at radius 1 is 1.50 bits per heavy atom. The van der Waals surface area contributed by atoms with E-state index in [1.807, 2.05) is 0 Å². The van der Waals surface area contributed by atoms with Gasteiger partial charge in [-0.2, -0.15) is 0 Å². The second kappa shape index (κ2) is 3.20. The van der Waals surface area contributed by atoms with Gasteiger partial charge in [0.1, 0.15) is 11.4 Å². The van der Waals surface area contributed by atoms with Gasteiger partial charge in [0.25, 0.3) is 0 Å². The zero-order valence-corrected chi connectivity index (χ0v) is 7.55. The highest BCUT2D eigenvalue weighted by Crippen LogP contribution is 1.99. The van der Waals surface area contributed by atoms with E-state index in [4.69, 9.17) is 0 Å². The van der Waals surface area contributed by atoms with Gasteiger partial charge in [-0.25, -0.2) is 17.8 Å². The van der Waals surface area contributed by atoms with E-state index in [1.54, 1.807) is 6.92 Å². The fraction of sp³-hybridized carbons (Fsp3) is 0.600. The van der Waals surface area contributed by atoms with Crippen LogP contribution < -0.4 is 4.72 Å². The van der Waals surface area contributed by atoms with Crippen LogP contribution >= 0.6 is 0 Å². The number of rotatable bonds is 3. The SMILES string of the molecule is Cc1nonc1CNS(C)(=O)=O. The van der Waals surface area contributed by atoms with Gasteiger partial charge in [-0.05, 0) is 6.92 Å². The molecule has 12 heavy (non-hydrogen) atoms. The number of aromatic nitrogens is 2. The van der Waals surface area contributed by atoms with Crippen LogP contribution in [0, 0.1) is 6.92 Å². The van der Waals surface area contributed by atoms with Gasteiger partial charge in [-0.1, -0.05) is 10.3 Å². The summed E-state index contributed by atoms with van der Waals surface area (Å²) in [6.07, 6.45) is 1.08. The van der Waals surface area contributed by atoms with Crippen LogP contribution in [-0.4, -0.2) is 25.0 Å². The minimum Gasteiger partial charge on any atom is -0.244 e. The van der Waals surface area contributed by atoms with Gasteiger partial charge in [-0.3, -0.25) is 0 Å². The second-order valence-electron chi connectivity index (χ2n) is 2.39. The molecule has 0 aliphatic carbocycles. The summed E-state index contributed by atoms with van der Waals surface area (Å²) >= 11 is 0. The van der Waals surface area contributed by atoms with Gasteiger partial charge in [0.05, 0.1) is 12.8 Å². The van der Waals surface area contributed by atoms with Crippen LogP contribution in [-0.2, 0) is 16.6 Å². The minimum absolute atomic E-state index is 0.119. The average molecular weight is 191 g/mol. The van der Waals surface area contributed by atoms with E-state index in [0.717, 1.165) is 6.26 Å². The quantitative estimate of drug-likeness (QED) is 0.691. The zero-order valence-electron chi connectivity index (χ0n) is 6.73. The van der Waals surface area contributed by atoms with Crippen molar-refractivity contribution in [2.75, 3.05) is 6.26 Å². The first-order valence-electron chi connectivity index (χ1n) is 3.22. The number of nitrogens with zero attached hydrogens (tertiary/aromatic N) is 2. The molecule has 0 aliphatic heterocycles. The fourth-order valence-electron chi connectivity index (χ4n) is 0.609. The van der Waals surface area contributed by atoms with Crippen LogP contribution in [0.25, 0.3) is 0 Å². The van der Waals surface area contributed by atoms with Crippen molar-refractivity contribution in [2.24, 2.45) is 0 Å². The van der Waals surface area contributed by atoms with Gasteiger partial charge in [0.2, 0.25) is 10.0 Å². The Balaban J connectivity index is 2.61. The zero-order chi connectivity index (χ0) is 9.19. The Kier molecular flexibility index (Phi) is 2.43. The normalized spacial score (nSPS) is 11.8. The van der Waals surface area contributed by atoms with Crippen molar-refractivity contribution in [1.29, 1.82) is 0 Å². The average Bonchev–Trinajstić information content (AvgIpc) is 2.29. The molecule has 0 unspecified atom stereocenters. The first-order valence-corrected chi connectivity index (χ1v) is 5.11. The number of sulfonamides is 1. The number of aryl methyl sites for hydroxylation is 1. The molecule has 1 N–H and O–H groups in total. The maximum Gasteiger partial charge on any atom is 0.209 e.